The maximum absolute atomic E-state index is 3.83. The summed E-state index contributed by atoms with van der Waals surface area (Å²) in [5.41, 5.74) is 4.19. The van der Waals surface area contributed by atoms with Crippen LogP contribution in [0.25, 0.3) is 6.08 Å². The van der Waals surface area contributed by atoms with Crippen LogP contribution in [0.1, 0.15) is 76.3 Å². The summed E-state index contributed by atoms with van der Waals surface area (Å²) in [6.07, 6.45) is 16.1. The molecule has 1 atom stereocenters. The third-order valence-electron chi connectivity index (χ3n) is 4.23. The van der Waals surface area contributed by atoms with Crippen LogP contribution in [-0.4, -0.2) is 0 Å². The molecule has 1 rings (SSSR count). The first-order chi connectivity index (χ1) is 10.7. The summed E-state index contributed by atoms with van der Waals surface area (Å²) in [6, 6.07) is 8.95. The summed E-state index contributed by atoms with van der Waals surface area (Å²) in [6.45, 7) is 10.4. The molecule has 0 saturated heterocycles. The fourth-order valence-electron chi connectivity index (χ4n) is 2.87. The molecule has 0 heterocycles. The quantitative estimate of drug-likeness (QED) is 0.314. The molecule has 1 unspecified atom stereocenters. The Morgan fingerprint density at radius 2 is 1.86 bits per heavy atom. The van der Waals surface area contributed by atoms with Gasteiger partial charge in [-0.1, -0.05) is 80.5 Å². The van der Waals surface area contributed by atoms with E-state index in [9.17, 15) is 0 Å². The minimum atomic E-state index is 0.712. The normalized spacial score (nSPS) is 13.5. The maximum atomic E-state index is 3.83. The number of rotatable bonds is 10. The molecule has 0 radical (unpaired) electrons. The predicted molar refractivity (Wildman–Crippen MR) is 101 cm³/mol. The highest BCUT2D eigenvalue weighted by Crippen LogP contribution is 2.28. The molecule has 0 N–H and O–H groups in total. The van der Waals surface area contributed by atoms with Crippen molar-refractivity contribution in [3.8, 4) is 0 Å². The van der Waals surface area contributed by atoms with E-state index in [2.05, 4.69) is 69.8 Å². The number of hydrogen-bond acceptors (Lipinski definition) is 0. The van der Waals surface area contributed by atoms with E-state index in [1.54, 1.807) is 0 Å². The van der Waals surface area contributed by atoms with Crippen molar-refractivity contribution in [3.05, 3.63) is 65.8 Å². The van der Waals surface area contributed by atoms with E-state index in [1.165, 1.54) is 55.2 Å². The van der Waals surface area contributed by atoms with Crippen LogP contribution in [0.3, 0.4) is 0 Å². The second kappa shape index (κ2) is 11.1. The summed E-state index contributed by atoms with van der Waals surface area (Å²) in [4.78, 5) is 0. The molecule has 0 nitrogen and oxygen atoms in total. The lowest BCUT2D eigenvalue weighted by Crippen LogP contribution is -1.99. The van der Waals surface area contributed by atoms with E-state index in [1.807, 2.05) is 6.08 Å². The largest absolute Gasteiger partial charge is 0.0985 e. The molecule has 0 aliphatic rings. The zero-order valence-corrected chi connectivity index (χ0v) is 14.6. The Balaban J connectivity index is 2.48. The predicted octanol–water partition coefficient (Wildman–Crippen LogP) is 7.30. The molecule has 0 spiro atoms. The molecule has 120 valence electrons. The van der Waals surface area contributed by atoms with Crippen LogP contribution in [0.15, 0.2) is 54.6 Å². The van der Waals surface area contributed by atoms with Gasteiger partial charge in [0.1, 0.15) is 0 Å². The van der Waals surface area contributed by atoms with Crippen LogP contribution in [0.2, 0.25) is 0 Å². The molecular weight excluding hydrogens is 264 g/mol. The molecule has 1 aromatic carbocycles. The van der Waals surface area contributed by atoms with Gasteiger partial charge in [-0.25, -0.2) is 0 Å². The van der Waals surface area contributed by atoms with Gasteiger partial charge in [-0.15, -0.1) is 0 Å². The first-order valence-corrected chi connectivity index (χ1v) is 8.72. The third kappa shape index (κ3) is 6.93. The summed E-state index contributed by atoms with van der Waals surface area (Å²) in [5, 5.41) is 0. The Bertz CT molecular complexity index is 473. The van der Waals surface area contributed by atoms with E-state index < -0.39 is 0 Å². The van der Waals surface area contributed by atoms with Crippen molar-refractivity contribution in [1.29, 1.82) is 0 Å². The van der Waals surface area contributed by atoms with Gasteiger partial charge in [0, 0.05) is 0 Å². The molecular formula is C22H32. The number of unbranched alkanes of at least 4 members (excludes halogenated alkanes) is 1. The molecule has 22 heavy (non-hydrogen) atoms. The van der Waals surface area contributed by atoms with Crippen molar-refractivity contribution >= 4 is 6.08 Å². The molecule has 0 bridgehead atoms. The molecule has 0 aromatic heterocycles. The Kier molecular flexibility index (Phi) is 9.30. The molecule has 0 fully saturated rings. The number of benzene rings is 1. The second-order valence-corrected chi connectivity index (χ2v) is 6.14. The lowest BCUT2D eigenvalue weighted by Gasteiger charge is -2.17. The Hall–Kier alpha value is -1.56. The highest BCUT2D eigenvalue weighted by Gasteiger charge is 2.10. The second-order valence-electron chi connectivity index (χ2n) is 6.14. The summed E-state index contributed by atoms with van der Waals surface area (Å²) in [7, 11) is 0. The van der Waals surface area contributed by atoms with Crippen LogP contribution in [-0.2, 0) is 0 Å². The van der Waals surface area contributed by atoms with E-state index in [0.717, 1.165) is 0 Å². The highest BCUT2D eigenvalue weighted by molar-refractivity contribution is 5.47. The van der Waals surface area contributed by atoms with Gasteiger partial charge in [-0.2, -0.15) is 0 Å². The summed E-state index contributed by atoms with van der Waals surface area (Å²) in [5.74, 6) is 0.712. The average Bonchev–Trinajstić information content (AvgIpc) is 2.56. The van der Waals surface area contributed by atoms with Crippen molar-refractivity contribution in [3.63, 3.8) is 0 Å². The van der Waals surface area contributed by atoms with Crippen LogP contribution in [0.5, 0.6) is 0 Å². The summed E-state index contributed by atoms with van der Waals surface area (Å²) >= 11 is 0. The topological polar surface area (TPSA) is 0 Å². The van der Waals surface area contributed by atoms with Gasteiger partial charge < -0.3 is 0 Å². The van der Waals surface area contributed by atoms with Crippen molar-refractivity contribution in [2.75, 3.05) is 0 Å². The van der Waals surface area contributed by atoms with Crippen LogP contribution in [0.4, 0.5) is 0 Å². The van der Waals surface area contributed by atoms with Gasteiger partial charge in [0.2, 0.25) is 0 Å². The fraction of sp³-hybridized carbons (Fsp3) is 0.455. The first-order valence-electron chi connectivity index (χ1n) is 8.72. The van der Waals surface area contributed by atoms with Gasteiger partial charge in [-0.3, -0.25) is 0 Å². The minimum absolute atomic E-state index is 0.712. The third-order valence-corrected chi connectivity index (χ3v) is 4.23. The van der Waals surface area contributed by atoms with Crippen molar-refractivity contribution in [2.24, 2.45) is 0 Å². The molecule has 0 saturated carbocycles. The molecule has 0 amide bonds. The fourth-order valence-corrected chi connectivity index (χ4v) is 2.87. The maximum Gasteiger partial charge on any atom is -0.0162 e. The summed E-state index contributed by atoms with van der Waals surface area (Å²) < 4.78 is 0. The van der Waals surface area contributed by atoms with Gasteiger partial charge in [0.15, 0.2) is 0 Å². The molecule has 0 aliphatic heterocycles. The zero-order valence-electron chi connectivity index (χ0n) is 14.6. The number of allylic oxidation sites excluding steroid dienone is 4. The van der Waals surface area contributed by atoms with Crippen molar-refractivity contribution in [1.82, 2.24) is 0 Å². The zero-order chi connectivity index (χ0) is 16.2. The van der Waals surface area contributed by atoms with Gasteiger partial charge in [-0.05, 0) is 56.6 Å². The monoisotopic (exact) mass is 296 g/mol. The standard InChI is InChI=1S/C22H32/c1-5-8-12-19(4)13-9-10-14-21(11-6-2)22-17-15-20(7-3)16-18-22/h5,7-8,12,15-18,21H,3,6,9-11,13-14H2,1-2,4H3/b8-5-,19-12+. The molecule has 0 aliphatic carbocycles. The van der Waals surface area contributed by atoms with Crippen molar-refractivity contribution in [2.45, 2.75) is 65.2 Å². The highest BCUT2D eigenvalue weighted by atomic mass is 14.1. The number of hydrogen-bond donors (Lipinski definition) is 0. The minimum Gasteiger partial charge on any atom is -0.0985 e. The van der Waals surface area contributed by atoms with E-state index in [-0.39, 0.29) is 0 Å². The SMILES string of the molecule is C=Cc1ccc(C(CCC)CCCC/C(C)=C/C=C\C)cc1. The van der Waals surface area contributed by atoms with Gasteiger partial charge in [0.25, 0.3) is 0 Å². The lowest BCUT2D eigenvalue weighted by atomic mass is 9.88. The Morgan fingerprint density at radius 1 is 1.14 bits per heavy atom. The average molecular weight is 296 g/mol. The lowest BCUT2D eigenvalue weighted by molar-refractivity contribution is 0.531. The molecule has 1 aromatic rings. The van der Waals surface area contributed by atoms with Crippen LogP contribution < -0.4 is 0 Å². The van der Waals surface area contributed by atoms with E-state index in [4.69, 9.17) is 0 Å². The Labute approximate surface area is 137 Å². The first kappa shape index (κ1) is 18.5. The molecule has 0 heteroatoms. The van der Waals surface area contributed by atoms with Crippen molar-refractivity contribution < 1.29 is 0 Å². The van der Waals surface area contributed by atoms with E-state index >= 15 is 0 Å². The Morgan fingerprint density at radius 3 is 2.45 bits per heavy atom. The van der Waals surface area contributed by atoms with Gasteiger partial charge >= 0.3 is 0 Å². The smallest absolute Gasteiger partial charge is 0.0162 e. The van der Waals surface area contributed by atoms with Gasteiger partial charge in [0.05, 0.1) is 0 Å². The van der Waals surface area contributed by atoms with Crippen LogP contribution in [0, 0.1) is 0 Å². The van der Waals surface area contributed by atoms with E-state index in [0.29, 0.717) is 5.92 Å². The van der Waals surface area contributed by atoms with Crippen LogP contribution >= 0.6 is 0 Å².